The normalized spacial score (nSPS) is 19.6. The molecule has 1 unspecified atom stereocenters. The first-order valence-corrected chi connectivity index (χ1v) is 9.87. The van der Waals surface area contributed by atoms with Crippen molar-refractivity contribution in [2.24, 2.45) is 5.41 Å². The van der Waals surface area contributed by atoms with E-state index in [0.717, 1.165) is 25.1 Å². The van der Waals surface area contributed by atoms with Crippen LogP contribution in [-0.4, -0.2) is 24.0 Å². The van der Waals surface area contributed by atoms with Crippen LogP contribution >= 0.6 is 0 Å². The zero-order chi connectivity index (χ0) is 20.5. The fourth-order valence-corrected chi connectivity index (χ4v) is 3.89. The van der Waals surface area contributed by atoms with Gasteiger partial charge in [0.15, 0.2) is 0 Å². The van der Waals surface area contributed by atoms with E-state index in [1.807, 2.05) is 0 Å². The predicted octanol–water partition coefficient (Wildman–Crippen LogP) is 6.83. The zero-order valence-electron chi connectivity index (χ0n) is 17.6. The first-order chi connectivity index (χ1) is 12.3. The molecule has 0 saturated carbocycles. The van der Waals surface area contributed by atoms with Gasteiger partial charge in [-0.1, -0.05) is 51.5 Å². The molecule has 1 fully saturated rings. The molecule has 1 aliphatic rings. The Morgan fingerprint density at radius 2 is 1.52 bits per heavy atom. The summed E-state index contributed by atoms with van der Waals surface area (Å²) in [5.74, 6) is 0. The Labute approximate surface area is 162 Å². The van der Waals surface area contributed by atoms with Crippen LogP contribution in [0.2, 0.25) is 0 Å². The molecule has 0 N–H and O–H groups in total. The Balaban J connectivity index is 2.19. The second-order valence-electron chi connectivity index (χ2n) is 9.67. The molecule has 0 aromatic heterocycles. The van der Waals surface area contributed by atoms with Crippen molar-refractivity contribution in [3.63, 3.8) is 0 Å². The van der Waals surface area contributed by atoms with E-state index in [9.17, 15) is 13.2 Å². The summed E-state index contributed by atoms with van der Waals surface area (Å²) < 4.78 is 38.6. The van der Waals surface area contributed by atoms with E-state index in [0.29, 0.717) is 11.5 Å². The molecule has 4 heteroatoms. The Morgan fingerprint density at radius 1 is 1.04 bits per heavy atom. The number of piperidine rings is 1. The number of allylic oxidation sites excluding steroid dienone is 1. The fraction of sp³-hybridized carbons (Fsp3) is 0.652. The molecule has 0 radical (unpaired) electrons. The number of hydrogen-bond donors (Lipinski definition) is 0. The lowest BCUT2D eigenvalue weighted by molar-refractivity contribution is -0.137. The second-order valence-corrected chi connectivity index (χ2v) is 9.67. The average Bonchev–Trinajstić information content (AvgIpc) is 2.53. The number of benzene rings is 1. The fourth-order valence-electron chi connectivity index (χ4n) is 3.89. The summed E-state index contributed by atoms with van der Waals surface area (Å²) in [6, 6.07) is 6.00. The van der Waals surface area contributed by atoms with Gasteiger partial charge in [0.05, 0.1) is 5.56 Å². The highest BCUT2D eigenvalue weighted by molar-refractivity contribution is 5.30. The van der Waals surface area contributed by atoms with Crippen LogP contribution in [0, 0.1) is 5.41 Å². The Morgan fingerprint density at radius 3 is 1.96 bits per heavy atom. The number of likely N-dealkylation sites (tertiary alicyclic amines) is 1. The van der Waals surface area contributed by atoms with Crippen molar-refractivity contribution in [2.75, 3.05) is 13.1 Å². The molecule has 0 amide bonds. The lowest BCUT2D eigenvalue weighted by Crippen LogP contribution is -2.45. The molecule has 0 bridgehead atoms. The molecule has 1 heterocycles. The van der Waals surface area contributed by atoms with Crippen molar-refractivity contribution in [3.8, 4) is 0 Å². The molecule has 1 saturated heterocycles. The summed E-state index contributed by atoms with van der Waals surface area (Å²) in [6.07, 6.45) is 1.30. The van der Waals surface area contributed by atoms with E-state index < -0.39 is 11.7 Å². The predicted molar refractivity (Wildman–Crippen MR) is 107 cm³/mol. The van der Waals surface area contributed by atoms with Crippen molar-refractivity contribution < 1.29 is 13.2 Å². The van der Waals surface area contributed by atoms with Gasteiger partial charge in [0.1, 0.15) is 0 Å². The molecule has 152 valence electrons. The van der Waals surface area contributed by atoms with Crippen molar-refractivity contribution in [3.05, 3.63) is 47.0 Å². The van der Waals surface area contributed by atoms with Gasteiger partial charge >= 0.3 is 6.18 Å². The van der Waals surface area contributed by atoms with Crippen LogP contribution in [-0.2, 0) is 11.6 Å². The Bertz CT molecular complexity index is 639. The lowest BCUT2D eigenvalue weighted by Gasteiger charge is -2.42. The van der Waals surface area contributed by atoms with Crippen LogP contribution < -0.4 is 0 Å². The Kier molecular flexibility index (Phi) is 6.51. The van der Waals surface area contributed by atoms with Gasteiger partial charge in [-0.25, -0.2) is 0 Å². The molecule has 0 spiro atoms. The van der Waals surface area contributed by atoms with Gasteiger partial charge in [-0.15, -0.1) is 0 Å². The van der Waals surface area contributed by atoms with Crippen molar-refractivity contribution in [2.45, 2.75) is 78.4 Å². The van der Waals surface area contributed by atoms with Crippen LogP contribution in [0.5, 0.6) is 0 Å². The maximum Gasteiger partial charge on any atom is 0.416 e. The van der Waals surface area contributed by atoms with Crippen LogP contribution in [0.4, 0.5) is 13.2 Å². The molecule has 1 aromatic carbocycles. The van der Waals surface area contributed by atoms with Crippen molar-refractivity contribution in [1.29, 1.82) is 0 Å². The molecule has 1 aliphatic heterocycles. The monoisotopic (exact) mass is 381 g/mol. The Hall–Kier alpha value is -1.29. The highest BCUT2D eigenvalue weighted by Gasteiger charge is 2.34. The summed E-state index contributed by atoms with van der Waals surface area (Å²) in [4.78, 5) is 2.55. The second kappa shape index (κ2) is 7.98. The van der Waals surface area contributed by atoms with Crippen LogP contribution in [0.1, 0.15) is 71.9 Å². The van der Waals surface area contributed by atoms with Gasteiger partial charge in [0.2, 0.25) is 0 Å². The first-order valence-electron chi connectivity index (χ1n) is 9.87. The van der Waals surface area contributed by atoms with Crippen LogP contribution in [0.3, 0.4) is 0 Å². The summed E-state index contributed by atoms with van der Waals surface area (Å²) >= 11 is 0. The molecule has 1 nitrogen and oxygen atoms in total. The minimum absolute atomic E-state index is 0.201. The van der Waals surface area contributed by atoms with E-state index >= 15 is 0 Å². The summed E-state index contributed by atoms with van der Waals surface area (Å²) in [5.41, 5.74) is 1.86. The molecule has 0 aliphatic carbocycles. The van der Waals surface area contributed by atoms with Gasteiger partial charge in [0, 0.05) is 6.04 Å². The van der Waals surface area contributed by atoms with Gasteiger partial charge < -0.3 is 0 Å². The minimum atomic E-state index is -4.28. The number of nitrogens with zero attached hydrogens (tertiary/aromatic N) is 1. The molecule has 1 atom stereocenters. The zero-order valence-corrected chi connectivity index (χ0v) is 17.6. The molecular weight excluding hydrogens is 347 g/mol. The molecule has 1 aromatic rings. The minimum Gasteiger partial charge on any atom is -0.297 e. The highest BCUT2D eigenvalue weighted by atomic mass is 19.4. The average molecular weight is 382 g/mol. The number of rotatable bonds is 5. The largest absolute Gasteiger partial charge is 0.416 e. The van der Waals surface area contributed by atoms with E-state index in [-0.39, 0.29) is 5.41 Å². The quantitative estimate of drug-likeness (QED) is 0.505. The lowest BCUT2D eigenvalue weighted by atomic mass is 9.77. The number of halogens is 3. The van der Waals surface area contributed by atoms with Crippen molar-refractivity contribution >= 4 is 0 Å². The van der Waals surface area contributed by atoms with E-state index in [2.05, 4.69) is 52.5 Å². The van der Waals surface area contributed by atoms with Gasteiger partial charge in [0.25, 0.3) is 0 Å². The maximum absolute atomic E-state index is 12.9. The van der Waals surface area contributed by atoms with Gasteiger partial charge in [-0.2, -0.15) is 13.2 Å². The summed E-state index contributed by atoms with van der Waals surface area (Å²) in [5, 5.41) is 0. The smallest absolute Gasteiger partial charge is 0.297 e. The topological polar surface area (TPSA) is 3.24 Å². The summed E-state index contributed by atoms with van der Waals surface area (Å²) in [6.45, 7) is 15.3. The van der Waals surface area contributed by atoms with Gasteiger partial charge in [-0.05, 0) is 74.7 Å². The summed E-state index contributed by atoms with van der Waals surface area (Å²) in [7, 11) is 0. The molecular formula is C23H34F3N. The van der Waals surface area contributed by atoms with E-state index in [1.54, 1.807) is 12.1 Å². The van der Waals surface area contributed by atoms with Crippen LogP contribution in [0.25, 0.3) is 0 Å². The van der Waals surface area contributed by atoms with Crippen LogP contribution in [0.15, 0.2) is 35.9 Å². The number of hydrogen-bond acceptors (Lipinski definition) is 1. The van der Waals surface area contributed by atoms with Gasteiger partial charge in [-0.3, -0.25) is 4.90 Å². The first kappa shape index (κ1) is 22.0. The van der Waals surface area contributed by atoms with E-state index in [1.165, 1.54) is 30.5 Å². The third-order valence-electron chi connectivity index (χ3n) is 5.86. The number of alkyl halides is 3. The highest BCUT2D eigenvalue weighted by Crippen LogP contribution is 2.36. The standard InChI is InChI=1S/C23H34F3N/c1-17(2)15-20(27-13-11-21(3,4)12-14-27)16-22(5,6)18-7-9-19(10-8-18)23(24,25)26/h7-10,15,20H,11-14,16H2,1-6H3. The third kappa shape index (κ3) is 6.10. The third-order valence-corrected chi connectivity index (χ3v) is 5.86. The maximum atomic E-state index is 12.9. The molecule has 2 rings (SSSR count). The molecule has 27 heavy (non-hydrogen) atoms. The van der Waals surface area contributed by atoms with Crippen molar-refractivity contribution in [1.82, 2.24) is 4.90 Å². The SMILES string of the molecule is CC(C)=CC(CC(C)(C)c1ccc(C(F)(F)F)cc1)N1CCC(C)(C)CC1. The van der Waals surface area contributed by atoms with E-state index in [4.69, 9.17) is 0 Å².